The van der Waals surface area contributed by atoms with Crippen molar-refractivity contribution in [2.24, 2.45) is 11.8 Å². The molecule has 0 saturated carbocycles. The van der Waals surface area contributed by atoms with Crippen molar-refractivity contribution in [1.29, 1.82) is 0 Å². The lowest BCUT2D eigenvalue weighted by Gasteiger charge is -2.21. The van der Waals surface area contributed by atoms with Crippen molar-refractivity contribution >= 4 is 39.5 Å². The molecule has 6 atom stereocenters. The number of carbonyl (C=O) groups excluding carboxylic acids is 4. The molecule has 3 N–H and O–H groups in total. The van der Waals surface area contributed by atoms with Crippen LogP contribution in [0.15, 0.2) is 0 Å². The lowest BCUT2D eigenvalue weighted by atomic mass is 9.99. The highest BCUT2D eigenvalue weighted by Gasteiger charge is 2.30. The Labute approximate surface area is 562 Å². The molecule has 0 fully saturated rings. The van der Waals surface area contributed by atoms with E-state index in [0.29, 0.717) is 25.7 Å². The molecule has 3 unspecified atom stereocenters. The minimum absolute atomic E-state index is 0.105. The molecule has 0 aliphatic rings. The molecule has 0 rings (SSSR count). The molecule has 0 aromatic heterocycles. The second-order valence-electron chi connectivity index (χ2n) is 27.1. The molecule has 19 heteroatoms. The van der Waals surface area contributed by atoms with Gasteiger partial charge in [0.1, 0.15) is 19.3 Å². The summed E-state index contributed by atoms with van der Waals surface area (Å²) in [5, 5.41) is 10.6. The summed E-state index contributed by atoms with van der Waals surface area (Å²) < 4.78 is 68.4. The third-order valence-electron chi connectivity index (χ3n) is 17.3. The van der Waals surface area contributed by atoms with Crippen LogP contribution in [0.1, 0.15) is 375 Å². The SMILES string of the molecule is CCCCCCCCCCCCCCCC(=O)OC[C@H](COP(=O)(O)OC[C@@H](O)COP(=O)(O)OC[C@@H](COC(=O)CCCCCCCCCCC)OC(=O)CCCCCCCCCCC(C)CC)OC(=O)CCCCCCCCCCCCCCCCCC(C)C. The average Bonchev–Trinajstić information content (AvgIpc) is 1.59. The number of hydrogen-bond acceptors (Lipinski definition) is 15. The number of carbonyl (C=O) groups is 4. The zero-order chi connectivity index (χ0) is 67.9. The fraction of sp³-hybridized carbons (Fsp3) is 0.945. The number of esters is 4. The molecule has 0 heterocycles. The third-order valence-corrected chi connectivity index (χ3v) is 19.2. The first-order valence-electron chi connectivity index (χ1n) is 38.0. The summed E-state index contributed by atoms with van der Waals surface area (Å²) in [4.78, 5) is 72.6. The van der Waals surface area contributed by atoms with E-state index in [1.807, 2.05) is 0 Å². The van der Waals surface area contributed by atoms with E-state index in [2.05, 4.69) is 41.5 Å². The summed E-state index contributed by atoms with van der Waals surface area (Å²) in [5.74, 6) is -0.548. The first-order chi connectivity index (χ1) is 44.4. The van der Waals surface area contributed by atoms with Gasteiger partial charge in [-0.25, -0.2) is 9.13 Å². The Bertz CT molecular complexity index is 1790. The summed E-state index contributed by atoms with van der Waals surface area (Å²) >= 11 is 0. The smallest absolute Gasteiger partial charge is 0.462 e. The molecule has 0 aliphatic heterocycles. The Morgan fingerprint density at radius 3 is 0.826 bits per heavy atom. The highest BCUT2D eigenvalue weighted by Crippen LogP contribution is 2.45. The highest BCUT2D eigenvalue weighted by molar-refractivity contribution is 7.47. The summed E-state index contributed by atoms with van der Waals surface area (Å²) in [7, 11) is -9.90. The number of phosphoric acid groups is 2. The first kappa shape index (κ1) is 90.1. The first-order valence-corrected chi connectivity index (χ1v) is 41.0. The van der Waals surface area contributed by atoms with E-state index in [1.54, 1.807) is 0 Å². The number of rotatable bonds is 72. The van der Waals surface area contributed by atoms with Gasteiger partial charge in [-0.1, -0.05) is 324 Å². The van der Waals surface area contributed by atoms with Gasteiger partial charge in [0.15, 0.2) is 12.2 Å². The summed E-state index contributed by atoms with van der Waals surface area (Å²) in [6.07, 6.45) is 51.2. The molecular weight excluding hydrogens is 1210 g/mol. The second kappa shape index (κ2) is 65.0. The van der Waals surface area contributed by atoms with Crippen LogP contribution in [0, 0.1) is 11.8 Å². The number of phosphoric ester groups is 2. The van der Waals surface area contributed by atoms with E-state index in [1.165, 1.54) is 193 Å². The molecule has 17 nitrogen and oxygen atoms in total. The second-order valence-corrected chi connectivity index (χ2v) is 30.0. The lowest BCUT2D eigenvalue weighted by Crippen LogP contribution is -2.30. The van der Waals surface area contributed by atoms with Crippen molar-refractivity contribution in [3.8, 4) is 0 Å². The van der Waals surface area contributed by atoms with Crippen LogP contribution in [0.5, 0.6) is 0 Å². The van der Waals surface area contributed by atoms with E-state index >= 15 is 0 Å². The van der Waals surface area contributed by atoms with Crippen LogP contribution in [0.4, 0.5) is 0 Å². The van der Waals surface area contributed by atoms with Crippen LogP contribution in [0.3, 0.4) is 0 Å². The van der Waals surface area contributed by atoms with Crippen LogP contribution in [-0.4, -0.2) is 96.7 Å². The normalized spacial score (nSPS) is 14.4. The Hall–Kier alpha value is -1.94. The van der Waals surface area contributed by atoms with Crippen molar-refractivity contribution in [1.82, 2.24) is 0 Å². The van der Waals surface area contributed by atoms with Gasteiger partial charge in [-0.05, 0) is 37.5 Å². The molecule has 0 radical (unpaired) electrons. The maximum absolute atomic E-state index is 13.1. The molecule has 0 saturated heterocycles. The fourth-order valence-corrected chi connectivity index (χ4v) is 12.7. The summed E-state index contributed by atoms with van der Waals surface area (Å²) in [6.45, 7) is 9.58. The Balaban J connectivity index is 5.23. The Morgan fingerprint density at radius 1 is 0.315 bits per heavy atom. The Morgan fingerprint density at radius 2 is 0.554 bits per heavy atom. The van der Waals surface area contributed by atoms with Crippen LogP contribution in [-0.2, 0) is 65.4 Å². The fourth-order valence-electron chi connectivity index (χ4n) is 11.1. The molecule has 546 valence electrons. The lowest BCUT2D eigenvalue weighted by molar-refractivity contribution is -0.161. The zero-order valence-corrected chi connectivity index (χ0v) is 61.6. The minimum atomic E-state index is -4.95. The molecule has 0 aromatic rings. The topological polar surface area (TPSA) is 237 Å². The molecule has 0 amide bonds. The number of hydrogen-bond donors (Lipinski definition) is 3. The van der Waals surface area contributed by atoms with Crippen molar-refractivity contribution in [2.45, 2.75) is 394 Å². The number of ether oxygens (including phenoxy) is 4. The van der Waals surface area contributed by atoms with Gasteiger partial charge in [-0.2, -0.15) is 0 Å². The van der Waals surface area contributed by atoms with Gasteiger partial charge in [0.25, 0.3) is 0 Å². The third kappa shape index (κ3) is 65.4. The molecule has 0 spiro atoms. The number of aliphatic hydroxyl groups excluding tert-OH is 1. The quantitative estimate of drug-likeness (QED) is 0.0222. The maximum Gasteiger partial charge on any atom is 0.472 e. The highest BCUT2D eigenvalue weighted by atomic mass is 31.2. The van der Waals surface area contributed by atoms with E-state index < -0.39 is 97.5 Å². The number of aliphatic hydroxyl groups is 1. The predicted molar refractivity (Wildman–Crippen MR) is 372 cm³/mol. The maximum atomic E-state index is 13.1. The van der Waals surface area contributed by atoms with Crippen molar-refractivity contribution in [2.75, 3.05) is 39.6 Å². The van der Waals surface area contributed by atoms with Gasteiger partial charge in [0, 0.05) is 25.7 Å². The van der Waals surface area contributed by atoms with Crippen molar-refractivity contribution in [3.63, 3.8) is 0 Å². The zero-order valence-electron chi connectivity index (χ0n) is 59.9. The van der Waals surface area contributed by atoms with Crippen LogP contribution in [0.2, 0.25) is 0 Å². The van der Waals surface area contributed by atoms with Crippen LogP contribution >= 0.6 is 15.6 Å². The van der Waals surface area contributed by atoms with Crippen LogP contribution in [0.25, 0.3) is 0 Å². The van der Waals surface area contributed by atoms with Gasteiger partial charge in [-0.15, -0.1) is 0 Å². The van der Waals surface area contributed by atoms with Crippen LogP contribution < -0.4 is 0 Å². The summed E-state index contributed by atoms with van der Waals surface area (Å²) in [5.41, 5.74) is 0. The van der Waals surface area contributed by atoms with Gasteiger partial charge in [0.2, 0.25) is 0 Å². The van der Waals surface area contributed by atoms with Gasteiger partial charge in [0.05, 0.1) is 26.4 Å². The molecule has 0 aliphatic carbocycles. The minimum Gasteiger partial charge on any atom is -0.462 e. The average molecular weight is 1350 g/mol. The standard InChI is InChI=1S/C73H142O17P2/c1-7-10-12-14-16-18-19-23-27-31-38-44-50-56-71(76)84-62-68(89-72(77)57-51-45-39-32-28-25-22-20-21-24-26-30-35-41-47-53-65(4)5)63-87-91(79,80)85-59-67(74)60-86-92(81,82)88-64-69(61-83-70(75)55-49-43-37-29-17-15-13-11-8-2)90-73(78)58-52-46-40-34-33-36-42-48-54-66(6)9-3/h65-69,74H,7-64H2,1-6H3,(H,79,80)(H,81,82)/t66?,67-,68-,69-/m1/s1. The van der Waals surface area contributed by atoms with E-state index in [9.17, 15) is 43.2 Å². The predicted octanol–water partition coefficient (Wildman–Crippen LogP) is 21.2. The van der Waals surface area contributed by atoms with Gasteiger partial charge >= 0.3 is 39.5 Å². The monoisotopic (exact) mass is 1350 g/mol. The van der Waals surface area contributed by atoms with Gasteiger partial charge in [-0.3, -0.25) is 37.3 Å². The van der Waals surface area contributed by atoms with Gasteiger partial charge < -0.3 is 33.8 Å². The molecule has 92 heavy (non-hydrogen) atoms. The van der Waals surface area contributed by atoms with E-state index in [4.69, 9.17) is 37.0 Å². The molecule has 0 aromatic carbocycles. The van der Waals surface area contributed by atoms with Crippen molar-refractivity contribution < 1.29 is 80.2 Å². The number of unbranched alkanes of at least 4 members (excludes halogenated alkanes) is 41. The van der Waals surface area contributed by atoms with E-state index in [0.717, 1.165) is 102 Å². The molecule has 0 bridgehead atoms. The van der Waals surface area contributed by atoms with E-state index in [-0.39, 0.29) is 25.7 Å². The Kier molecular flexibility index (Phi) is 63.7. The molecular formula is C73H142O17P2. The van der Waals surface area contributed by atoms with Crippen molar-refractivity contribution in [3.05, 3.63) is 0 Å². The summed E-state index contributed by atoms with van der Waals surface area (Å²) in [6, 6.07) is 0. The largest absolute Gasteiger partial charge is 0.472 e.